The summed E-state index contributed by atoms with van der Waals surface area (Å²) in [5, 5.41) is 9.53. The molecule has 0 bridgehead atoms. The topological polar surface area (TPSA) is 59.1 Å². The van der Waals surface area contributed by atoms with E-state index in [1.807, 2.05) is 6.92 Å². The van der Waals surface area contributed by atoms with E-state index in [1.165, 1.54) is 11.8 Å². The summed E-state index contributed by atoms with van der Waals surface area (Å²) in [4.78, 5) is 4.16. The minimum absolute atomic E-state index is 0.155. The molecule has 1 aromatic rings. The molecule has 0 fully saturated rings. The molecule has 13 heavy (non-hydrogen) atoms. The number of thioether (sulfide) groups is 1. The molecule has 3 nitrogen and oxygen atoms in total. The molecular formula is C8H11BrN2OS. The van der Waals surface area contributed by atoms with Crippen molar-refractivity contribution in [2.45, 2.75) is 11.9 Å². The number of hydrogen-bond acceptors (Lipinski definition) is 4. The van der Waals surface area contributed by atoms with Gasteiger partial charge >= 0.3 is 0 Å². The first-order chi connectivity index (χ1) is 6.16. The summed E-state index contributed by atoms with van der Waals surface area (Å²) in [6.07, 6.45) is 1.64. The summed E-state index contributed by atoms with van der Waals surface area (Å²) in [6.45, 7) is 2.09. The molecule has 0 spiro atoms. The summed E-state index contributed by atoms with van der Waals surface area (Å²) in [5.74, 6) is 0.648. The number of nitrogens with two attached hydrogens (primary N) is 1. The van der Waals surface area contributed by atoms with Crippen molar-refractivity contribution < 1.29 is 5.11 Å². The van der Waals surface area contributed by atoms with Crippen molar-refractivity contribution in [1.29, 1.82) is 0 Å². The van der Waals surface area contributed by atoms with Crippen LogP contribution in [0.5, 0.6) is 0 Å². The first-order valence-electron chi connectivity index (χ1n) is 3.81. The van der Waals surface area contributed by atoms with E-state index in [-0.39, 0.29) is 6.61 Å². The van der Waals surface area contributed by atoms with Crippen LogP contribution < -0.4 is 5.73 Å². The molecule has 3 N–H and O–H groups in total. The van der Waals surface area contributed by atoms with Gasteiger partial charge in [0.1, 0.15) is 5.03 Å². The van der Waals surface area contributed by atoms with Crippen LogP contribution in [-0.4, -0.2) is 22.5 Å². The van der Waals surface area contributed by atoms with E-state index in [0.717, 1.165) is 15.1 Å². The second-order valence-electron chi connectivity index (χ2n) is 2.53. The number of halogens is 1. The SMILES string of the molecule is Cc1c(N)cnc(SCCO)c1Br. The molecule has 0 unspecified atom stereocenters. The predicted octanol–water partition coefficient (Wildman–Crippen LogP) is 1.82. The molecule has 72 valence electrons. The van der Waals surface area contributed by atoms with Crippen molar-refractivity contribution in [3.63, 3.8) is 0 Å². The highest BCUT2D eigenvalue weighted by atomic mass is 79.9. The number of anilines is 1. The monoisotopic (exact) mass is 262 g/mol. The maximum absolute atomic E-state index is 8.65. The normalized spacial score (nSPS) is 10.4. The van der Waals surface area contributed by atoms with Gasteiger partial charge in [0, 0.05) is 5.75 Å². The van der Waals surface area contributed by atoms with Crippen molar-refractivity contribution in [3.05, 3.63) is 16.2 Å². The van der Waals surface area contributed by atoms with Crippen LogP contribution >= 0.6 is 27.7 Å². The molecule has 0 aliphatic carbocycles. The Balaban J connectivity index is 2.90. The summed E-state index contributed by atoms with van der Waals surface area (Å²) in [5.41, 5.74) is 7.34. The molecule has 0 atom stereocenters. The molecule has 1 heterocycles. The Labute approximate surface area is 89.9 Å². The zero-order chi connectivity index (χ0) is 9.84. The van der Waals surface area contributed by atoms with Crippen LogP contribution in [0.1, 0.15) is 5.56 Å². The molecular weight excluding hydrogens is 252 g/mol. The number of aromatic nitrogens is 1. The third-order valence-electron chi connectivity index (χ3n) is 1.60. The molecule has 0 aromatic carbocycles. The van der Waals surface area contributed by atoms with Gasteiger partial charge < -0.3 is 10.8 Å². The lowest BCUT2D eigenvalue weighted by Crippen LogP contribution is -1.95. The van der Waals surface area contributed by atoms with E-state index in [4.69, 9.17) is 10.8 Å². The van der Waals surface area contributed by atoms with Crippen LogP contribution in [0, 0.1) is 6.92 Å². The molecule has 0 saturated heterocycles. The van der Waals surface area contributed by atoms with Gasteiger partial charge in [0.15, 0.2) is 0 Å². The highest BCUT2D eigenvalue weighted by Crippen LogP contribution is 2.30. The van der Waals surface area contributed by atoms with Gasteiger partial charge in [-0.15, -0.1) is 11.8 Å². The van der Waals surface area contributed by atoms with Gasteiger partial charge in [-0.3, -0.25) is 0 Å². The zero-order valence-electron chi connectivity index (χ0n) is 7.25. The van der Waals surface area contributed by atoms with E-state index >= 15 is 0 Å². The third-order valence-corrected chi connectivity index (χ3v) is 3.80. The lowest BCUT2D eigenvalue weighted by Gasteiger charge is -2.06. The summed E-state index contributed by atoms with van der Waals surface area (Å²) >= 11 is 4.92. The van der Waals surface area contributed by atoms with Gasteiger partial charge in [0.05, 0.1) is 23.0 Å². The van der Waals surface area contributed by atoms with Gasteiger partial charge in [-0.05, 0) is 28.4 Å². The van der Waals surface area contributed by atoms with Crippen molar-refractivity contribution in [3.8, 4) is 0 Å². The van der Waals surface area contributed by atoms with Gasteiger partial charge in [-0.2, -0.15) is 0 Å². The Morgan fingerprint density at radius 1 is 1.69 bits per heavy atom. The smallest absolute Gasteiger partial charge is 0.111 e. The standard InChI is InChI=1S/C8H11BrN2OS/c1-5-6(10)4-11-8(7(5)9)13-3-2-12/h4,12H,2-3,10H2,1H3. The van der Waals surface area contributed by atoms with Crippen molar-refractivity contribution in [2.75, 3.05) is 18.1 Å². The quantitative estimate of drug-likeness (QED) is 0.817. The van der Waals surface area contributed by atoms with Crippen LogP contribution in [0.25, 0.3) is 0 Å². The zero-order valence-corrected chi connectivity index (χ0v) is 9.65. The average molecular weight is 263 g/mol. The van der Waals surface area contributed by atoms with Gasteiger partial charge in [0.2, 0.25) is 0 Å². The first kappa shape index (κ1) is 10.8. The lowest BCUT2D eigenvalue weighted by atomic mass is 10.3. The minimum atomic E-state index is 0.155. The Bertz CT molecular complexity index is 306. The maximum atomic E-state index is 8.65. The van der Waals surface area contributed by atoms with E-state index in [1.54, 1.807) is 6.20 Å². The lowest BCUT2D eigenvalue weighted by molar-refractivity contribution is 0.322. The van der Waals surface area contributed by atoms with Crippen molar-refractivity contribution >= 4 is 33.4 Å². The van der Waals surface area contributed by atoms with Crippen LogP contribution in [0.3, 0.4) is 0 Å². The number of aliphatic hydroxyl groups excluding tert-OH is 1. The molecule has 0 aliphatic rings. The summed E-state index contributed by atoms with van der Waals surface area (Å²) in [6, 6.07) is 0. The predicted molar refractivity (Wildman–Crippen MR) is 58.9 cm³/mol. The first-order valence-corrected chi connectivity index (χ1v) is 5.59. The molecule has 0 amide bonds. The number of nitrogen functional groups attached to an aromatic ring is 1. The minimum Gasteiger partial charge on any atom is -0.397 e. The second kappa shape index (κ2) is 4.83. The Morgan fingerprint density at radius 3 is 3.00 bits per heavy atom. The summed E-state index contributed by atoms with van der Waals surface area (Å²) < 4.78 is 0.922. The molecule has 1 rings (SSSR count). The van der Waals surface area contributed by atoms with Crippen molar-refractivity contribution in [1.82, 2.24) is 4.98 Å². The summed E-state index contributed by atoms with van der Waals surface area (Å²) in [7, 11) is 0. The van der Waals surface area contributed by atoms with E-state index in [2.05, 4.69) is 20.9 Å². The fourth-order valence-corrected chi connectivity index (χ4v) is 2.18. The number of rotatable bonds is 3. The highest BCUT2D eigenvalue weighted by molar-refractivity contribution is 9.10. The van der Waals surface area contributed by atoms with Crippen LogP contribution in [-0.2, 0) is 0 Å². The van der Waals surface area contributed by atoms with Crippen LogP contribution in [0.2, 0.25) is 0 Å². The number of aliphatic hydroxyl groups is 1. The fourth-order valence-electron chi connectivity index (χ4n) is 0.812. The Kier molecular flexibility index (Phi) is 4.02. The van der Waals surface area contributed by atoms with Crippen LogP contribution in [0.15, 0.2) is 15.7 Å². The Morgan fingerprint density at radius 2 is 2.38 bits per heavy atom. The second-order valence-corrected chi connectivity index (χ2v) is 4.41. The maximum Gasteiger partial charge on any atom is 0.111 e. The van der Waals surface area contributed by atoms with E-state index in [0.29, 0.717) is 11.4 Å². The van der Waals surface area contributed by atoms with Crippen LogP contribution in [0.4, 0.5) is 5.69 Å². The fraction of sp³-hybridized carbons (Fsp3) is 0.375. The van der Waals surface area contributed by atoms with E-state index in [9.17, 15) is 0 Å². The molecule has 5 heteroatoms. The third kappa shape index (κ3) is 2.59. The van der Waals surface area contributed by atoms with E-state index < -0.39 is 0 Å². The average Bonchev–Trinajstić information content (AvgIpc) is 2.13. The Hall–Kier alpha value is -0.260. The van der Waals surface area contributed by atoms with Gasteiger partial charge in [-0.1, -0.05) is 0 Å². The largest absolute Gasteiger partial charge is 0.397 e. The molecule has 1 aromatic heterocycles. The number of pyridine rings is 1. The van der Waals surface area contributed by atoms with Gasteiger partial charge in [-0.25, -0.2) is 4.98 Å². The number of nitrogens with zero attached hydrogens (tertiary/aromatic N) is 1. The molecule has 0 radical (unpaired) electrons. The molecule has 0 aliphatic heterocycles. The van der Waals surface area contributed by atoms with Gasteiger partial charge in [0.25, 0.3) is 0 Å². The molecule has 0 saturated carbocycles. The number of hydrogen-bond donors (Lipinski definition) is 2. The van der Waals surface area contributed by atoms with Crippen molar-refractivity contribution in [2.24, 2.45) is 0 Å². The highest BCUT2D eigenvalue weighted by Gasteiger charge is 2.06.